The van der Waals surface area contributed by atoms with Crippen LogP contribution in [0, 0.1) is 5.82 Å². The first kappa shape index (κ1) is 14.1. The molecule has 102 valence electrons. The number of hydrogen-bond donors (Lipinski definition) is 2. The normalized spacial score (nSPS) is 10.1. The van der Waals surface area contributed by atoms with Crippen molar-refractivity contribution in [2.24, 2.45) is 5.73 Å². The highest BCUT2D eigenvalue weighted by atomic mass is 32.1. The molecule has 0 spiro atoms. The van der Waals surface area contributed by atoms with Gasteiger partial charge in [0.1, 0.15) is 10.8 Å². The number of benzene rings is 2. The van der Waals surface area contributed by atoms with E-state index >= 15 is 0 Å². The maximum atomic E-state index is 13.0. The van der Waals surface area contributed by atoms with Gasteiger partial charge >= 0.3 is 0 Å². The standard InChI is InChI=1S/C15H13FN2OS/c16-13-6-2-5-12(8-13)15(19)18-9-10-3-1-4-11(7-10)14(17)20/h1-8H,9H2,(H2,17,20)(H,18,19). The summed E-state index contributed by atoms with van der Waals surface area (Å²) >= 11 is 4.90. The molecular weight excluding hydrogens is 275 g/mol. The molecule has 20 heavy (non-hydrogen) atoms. The van der Waals surface area contributed by atoms with Gasteiger partial charge in [-0.05, 0) is 29.8 Å². The van der Waals surface area contributed by atoms with Gasteiger partial charge in [0.15, 0.2) is 0 Å². The number of hydrogen-bond acceptors (Lipinski definition) is 2. The van der Waals surface area contributed by atoms with Gasteiger partial charge in [0, 0.05) is 17.7 Å². The lowest BCUT2D eigenvalue weighted by Gasteiger charge is -2.07. The highest BCUT2D eigenvalue weighted by Gasteiger charge is 2.06. The zero-order chi connectivity index (χ0) is 14.5. The Morgan fingerprint density at radius 2 is 1.85 bits per heavy atom. The lowest BCUT2D eigenvalue weighted by molar-refractivity contribution is 0.0950. The van der Waals surface area contributed by atoms with Crippen LogP contribution in [0.4, 0.5) is 4.39 Å². The minimum Gasteiger partial charge on any atom is -0.389 e. The summed E-state index contributed by atoms with van der Waals surface area (Å²) in [5.74, 6) is -0.765. The van der Waals surface area contributed by atoms with Gasteiger partial charge in [0.2, 0.25) is 0 Å². The number of halogens is 1. The Hall–Kier alpha value is -2.27. The van der Waals surface area contributed by atoms with Gasteiger partial charge < -0.3 is 11.1 Å². The Bertz CT molecular complexity index is 658. The van der Waals surface area contributed by atoms with Crippen LogP contribution >= 0.6 is 12.2 Å². The fraction of sp³-hybridized carbons (Fsp3) is 0.0667. The van der Waals surface area contributed by atoms with Crippen LogP contribution in [0.3, 0.4) is 0 Å². The molecular formula is C15H13FN2OS. The second kappa shape index (κ2) is 6.25. The summed E-state index contributed by atoms with van der Waals surface area (Å²) in [6, 6.07) is 12.8. The zero-order valence-electron chi connectivity index (χ0n) is 10.6. The van der Waals surface area contributed by atoms with Crippen molar-refractivity contribution in [2.45, 2.75) is 6.54 Å². The van der Waals surface area contributed by atoms with E-state index in [1.165, 1.54) is 18.2 Å². The third-order valence-electron chi connectivity index (χ3n) is 2.75. The fourth-order valence-corrected chi connectivity index (χ4v) is 1.88. The first-order valence-corrected chi connectivity index (χ1v) is 6.39. The monoisotopic (exact) mass is 288 g/mol. The molecule has 0 saturated carbocycles. The van der Waals surface area contributed by atoms with Crippen LogP contribution in [0.2, 0.25) is 0 Å². The molecule has 2 aromatic carbocycles. The van der Waals surface area contributed by atoms with Crippen LogP contribution in [0.25, 0.3) is 0 Å². The van der Waals surface area contributed by atoms with E-state index in [4.69, 9.17) is 18.0 Å². The number of carbonyl (C=O) groups is 1. The van der Waals surface area contributed by atoms with Crippen LogP contribution in [0.15, 0.2) is 48.5 Å². The number of carbonyl (C=O) groups excluding carboxylic acids is 1. The molecule has 0 radical (unpaired) electrons. The van der Waals surface area contributed by atoms with E-state index in [0.29, 0.717) is 11.5 Å². The molecule has 0 atom stereocenters. The first-order valence-electron chi connectivity index (χ1n) is 5.99. The van der Waals surface area contributed by atoms with E-state index in [-0.39, 0.29) is 11.5 Å². The summed E-state index contributed by atoms with van der Waals surface area (Å²) in [6.07, 6.45) is 0. The van der Waals surface area contributed by atoms with Crippen LogP contribution in [0.1, 0.15) is 21.5 Å². The zero-order valence-corrected chi connectivity index (χ0v) is 11.4. The van der Waals surface area contributed by atoms with Gasteiger partial charge in [-0.1, -0.05) is 36.5 Å². The lowest BCUT2D eigenvalue weighted by Crippen LogP contribution is -2.23. The van der Waals surface area contributed by atoms with Crippen LogP contribution < -0.4 is 11.1 Å². The van der Waals surface area contributed by atoms with Gasteiger partial charge in [-0.2, -0.15) is 0 Å². The van der Waals surface area contributed by atoms with E-state index in [0.717, 1.165) is 11.1 Å². The topological polar surface area (TPSA) is 55.1 Å². The van der Waals surface area contributed by atoms with Crippen LogP contribution in [-0.2, 0) is 6.54 Å². The van der Waals surface area contributed by atoms with Crippen molar-refractivity contribution in [3.8, 4) is 0 Å². The average molecular weight is 288 g/mol. The second-order valence-corrected chi connectivity index (χ2v) is 4.70. The van der Waals surface area contributed by atoms with E-state index in [9.17, 15) is 9.18 Å². The molecule has 0 aliphatic carbocycles. The third kappa shape index (κ3) is 3.61. The number of thiocarbonyl (C=S) groups is 1. The van der Waals surface area contributed by atoms with Crippen molar-refractivity contribution < 1.29 is 9.18 Å². The predicted molar refractivity (Wildman–Crippen MR) is 79.9 cm³/mol. The molecule has 0 aliphatic heterocycles. The Labute approximate surface area is 121 Å². The number of amides is 1. The van der Waals surface area contributed by atoms with E-state index in [1.54, 1.807) is 12.1 Å². The Balaban J connectivity index is 2.03. The van der Waals surface area contributed by atoms with E-state index < -0.39 is 5.82 Å². The maximum absolute atomic E-state index is 13.0. The molecule has 1 amide bonds. The van der Waals surface area contributed by atoms with Crippen molar-refractivity contribution in [2.75, 3.05) is 0 Å². The molecule has 0 unspecified atom stereocenters. The minimum absolute atomic E-state index is 0.288. The van der Waals surface area contributed by atoms with Gasteiger partial charge in [-0.25, -0.2) is 4.39 Å². The summed E-state index contributed by atoms with van der Waals surface area (Å²) in [5, 5.41) is 2.72. The first-order chi connectivity index (χ1) is 9.56. The highest BCUT2D eigenvalue weighted by Crippen LogP contribution is 2.07. The van der Waals surface area contributed by atoms with Crippen molar-refractivity contribution in [1.29, 1.82) is 0 Å². The Kier molecular flexibility index (Phi) is 4.42. The predicted octanol–water partition coefficient (Wildman–Crippen LogP) is 2.39. The summed E-state index contributed by atoms with van der Waals surface area (Å²) < 4.78 is 13.0. The molecule has 0 aliphatic rings. The molecule has 0 fully saturated rings. The molecule has 2 rings (SSSR count). The van der Waals surface area contributed by atoms with E-state index in [1.807, 2.05) is 18.2 Å². The van der Waals surface area contributed by atoms with Crippen molar-refractivity contribution in [1.82, 2.24) is 5.32 Å². The quantitative estimate of drug-likeness (QED) is 0.849. The van der Waals surface area contributed by atoms with Gasteiger partial charge in [-0.3, -0.25) is 4.79 Å². The molecule has 0 saturated heterocycles. The van der Waals surface area contributed by atoms with Gasteiger partial charge in [-0.15, -0.1) is 0 Å². The summed E-state index contributed by atoms with van der Waals surface area (Å²) in [4.78, 5) is 12.2. The van der Waals surface area contributed by atoms with Crippen molar-refractivity contribution >= 4 is 23.1 Å². The Morgan fingerprint density at radius 1 is 1.15 bits per heavy atom. The summed E-state index contributed by atoms with van der Waals surface area (Å²) in [5.41, 5.74) is 7.46. The number of nitrogens with one attached hydrogen (secondary N) is 1. The van der Waals surface area contributed by atoms with Gasteiger partial charge in [0.25, 0.3) is 5.91 Å². The molecule has 5 heteroatoms. The fourth-order valence-electron chi connectivity index (χ4n) is 1.75. The van der Waals surface area contributed by atoms with Crippen LogP contribution in [-0.4, -0.2) is 10.9 Å². The summed E-state index contributed by atoms with van der Waals surface area (Å²) in [7, 11) is 0. The van der Waals surface area contributed by atoms with Gasteiger partial charge in [0.05, 0.1) is 0 Å². The van der Waals surface area contributed by atoms with Crippen molar-refractivity contribution in [3.63, 3.8) is 0 Å². The molecule has 3 N–H and O–H groups in total. The third-order valence-corrected chi connectivity index (χ3v) is 2.99. The largest absolute Gasteiger partial charge is 0.389 e. The molecule has 3 nitrogen and oxygen atoms in total. The smallest absolute Gasteiger partial charge is 0.251 e. The lowest BCUT2D eigenvalue weighted by atomic mass is 10.1. The van der Waals surface area contributed by atoms with Crippen molar-refractivity contribution in [3.05, 3.63) is 71.0 Å². The molecule has 0 aromatic heterocycles. The molecule has 0 heterocycles. The average Bonchev–Trinajstić information content (AvgIpc) is 2.45. The number of nitrogens with two attached hydrogens (primary N) is 1. The number of rotatable bonds is 4. The Morgan fingerprint density at radius 3 is 2.55 bits per heavy atom. The maximum Gasteiger partial charge on any atom is 0.251 e. The SMILES string of the molecule is NC(=S)c1cccc(CNC(=O)c2cccc(F)c2)c1. The highest BCUT2D eigenvalue weighted by molar-refractivity contribution is 7.80. The van der Waals surface area contributed by atoms with E-state index in [2.05, 4.69) is 5.32 Å². The molecule has 0 bridgehead atoms. The summed E-state index contributed by atoms with van der Waals surface area (Å²) in [6.45, 7) is 0.325. The second-order valence-electron chi connectivity index (χ2n) is 4.26. The van der Waals surface area contributed by atoms with Crippen LogP contribution in [0.5, 0.6) is 0 Å². The molecule has 2 aromatic rings. The minimum atomic E-state index is -0.437.